The predicted molar refractivity (Wildman–Crippen MR) is 65.2 cm³/mol. The third-order valence-corrected chi connectivity index (χ3v) is 3.90. The maximum atomic E-state index is 2.39. The van der Waals surface area contributed by atoms with Crippen molar-refractivity contribution in [1.29, 1.82) is 0 Å². The van der Waals surface area contributed by atoms with Gasteiger partial charge in [0.1, 0.15) is 0 Å². The minimum absolute atomic E-state index is 0.462. The Morgan fingerprint density at radius 2 is 1.67 bits per heavy atom. The van der Waals surface area contributed by atoms with Crippen molar-refractivity contribution in [2.75, 3.05) is 0 Å². The van der Waals surface area contributed by atoms with Crippen molar-refractivity contribution in [3.05, 3.63) is 48.0 Å². The molecule has 0 aliphatic heterocycles. The van der Waals surface area contributed by atoms with Crippen LogP contribution >= 0.6 is 0 Å². The van der Waals surface area contributed by atoms with Crippen molar-refractivity contribution in [3.63, 3.8) is 0 Å². The van der Waals surface area contributed by atoms with Crippen LogP contribution in [0.25, 0.3) is 10.8 Å². The van der Waals surface area contributed by atoms with Crippen molar-refractivity contribution < 1.29 is 0 Å². The molecule has 0 bridgehead atoms. The topological polar surface area (TPSA) is 0 Å². The van der Waals surface area contributed by atoms with Crippen molar-refractivity contribution in [1.82, 2.24) is 0 Å². The molecule has 0 amide bonds. The molecule has 2 aromatic rings. The highest BCUT2D eigenvalue weighted by Crippen LogP contribution is 2.43. The van der Waals surface area contributed by atoms with Gasteiger partial charge in [-0.1, -0.05) is 55.8 Å². The highest BCUT2D eigenvalue weighted by molar-refractivity contribution is 5.83. The summed E-state index contributed by atoms with van der Waals surface area (Å²) in [7, 11) is 0. The van der Waals surface area contributed by atoms with Gasteiger partial charge in [-0.05, 0) is 34.6 Å². The highest BCUT2D eigenvalue weighted by atomic mass is 14.4. The lowest BCUT2D eigenvalue weighted by atomic mass is 9.66. The van der Waals surface area contributed by atoms with Crippen LogP contribution in [0, 0.1) is 0 Å². The summed E-state index contributed by atoms with van der Waals surface area (Å²) in [6.45, 7) is 2.39. The molecular weight excluding hydrogens is 180 g/mol. The Morgan fingerprint density at radius 3 is 2.33 bits per heavy atom. The molecule has 0 unspecified atom stereocenters. The molecule has 1 aliphatic carbocycles. The Bertz CT molecular complexity index is 492. The van der Waals surface area contributed by atoms with E-state index in [1.165, 1.54) is 35.6 Å². The number of hydrogen-bond acceptors (Lipinski definition) is 0. The second kappa shape index (κ2) is 3.10. The monoisotopic (exact) mass is 196 g/mol. The fourth-order valence-electron chi connectivity index (χ4n) is 2.56. The summed E-state index contributed by atoms with van der Waals surface area (Å²) in [4.78, 5) is 0. The molecule has 2 aromatic carbocycles. The predicted octanol–water partition coefficient (Wildman–Crippen LogP) is 4.28. The van der Waals surface area contributed by atoms with Gasteiger partial charge in [-0.2, -0.15) is 0 Å². The van der Waals surface area contributed by atoms with Crippen LogP contribution < -0.4 is 0 Å². The molecule has 1 saturated carbocycles. The van der Waals surface area contributed by atoms with Gasteiger partial charge in [0.25, 0.3) is 0 Å². The van der Waals surface area contributed by atoms with E-state index < -0.39 is 0 Å². The van der Waals surface area contributed by atoms with Gasteiger partial charge in [0.05, 0.1) is 0 Å². The van der Waals surface area contributed by atoms with E-state index in [2.05, 4.69) is 49.4 Å². The molecule has 76 valence electrons. The minimum Gasteiger partial charge on any atom is -0.0616 e. The summed E-state index contributed by atoms with van der Waals surface area (Å²) in [6, 6.07) is 15.6. The van der Waals surface area contributed by atoms with E-state index in [-0.39, 0.29) is 0 Å². The molecular formula is C15H16. The summed E-state index contributed by atoms with van der Waals surface area (Å²) in [5.41, 5.74) is 1.98. The van der Waals surface area contributed by atoms with Gasteiger partial charge in [-0.25, -0.2) is 0 Å². The minimum atomic E-state index is 0.462. The first kappa shape index (κ1) is 8.96. The average molecular weight is 196 g/mol. The zero-order valence-electron chi connectivity index (χ0n) is 9.16. The van der Waals surface area contributed by atoms with Crippen LogP contribution in [0.5, 0.6) is 0 Å². The van der Waals surface area contributed by atoms with E-state index >= 15 is 0 Å². The van der Waals surface area contributed by atoms with Crippen LogP contribution in [-0.2, 0) is 5.41 Å². The Kier molecular flexibility index (Phi) is 1.85. The van der Waals surface area contributed by atoms with Gasteiger partial charge in [-0.3, -0.25) is 0 Å². The smallest absolute Gasteiger partial charge is 0.00750 e. The van der Waals surface area contributed by atoms with E-state index in [4.69, 9.17) is 0 Å². The van der Waals surface area contributed by atoms with Crippen molar-refractivity contribution in [2.24, 2.45) is 0 Å². The molecule has 0 N–H and O–H groups in total. The molecule has 0 radical (unpaired) electrons. The van der Waals surface area contributed by atoms with Crippen LogP contribution in [0.4, 0.5) is 0 Å². The normalized spacial score (nSPS) is 18.7. The van der Waals surface area contributed by atoms with Crippen molar-refractivity contribution in [3.8, 4) is 0 Å². The van der Waals surface area contributed by atoms with Gasteiger partial charge in [-0.15, -0.1) is 0 Å². The zero-order valence-corrected chi connectivity index (χ0v) is 9.16. The fraction of sp³-hybridized carbons (Fsp3) is 0.333. The number of benzene rings is 2. The van der Waals surface area contributed by atoms with E-state index in [1.807, 2.05) is 0 Å². The van der Waals surface area contributed by atoms with Crippen LogP contribution in [0.1, 0.15) is 31.7 Å². The van der Waals surface area contributed by atoms with E-state index in [1.54, 1.807) is 0 Å². The van der Waals surface area contributed by atoms with E-state index in [0.29, 0.717) is 5.41 Å². The lowest BCUT2D eigenvalue weighted by molar-refractivity contribution is 0.272. The Morgan fingerprint density at radius 1 is 0.933 bits per heavy atom. The molecule has 1 fully saturated rings. The second-order valence-corrected chi connectivity index (χ2v) is 4.98. The lowest BCUT2D eigenvalue weighted by Gasteiger charge is -2.39. The maximum absolute atomic E-state index is 2.39. The molecule has 0 aromatic heterocycles. The van der Waals surface area contributed by atoms with Gasteiger partial charge in [0, 0.05) is 0 Å². The third-order valence-electron chi connectivity index (χ3n) is 3.90. The molecule has 1 aliphatic rings. The summed E-state index contributed by atoms with van der Waals surface area (Å²) in [5.74, 6) is 0. The summed E-state index contributed by atoms with van der Waals surface area (Å²) in [6.07, 6.45) is 4.10. The highest BCUT2D eigenvalue weighted by Gasteiger charge is 2.33. The Balaban J connectivity index is 2.14. The molecule has 0 atom stereocenters. The number of rotatable bonds is 1. The Labute approximate surface area is 90.9 Å². The van der Waals surface area contributed by atoms with Crippen LogP contribution in [0.15, 0.2) is 42.5 Å². The quantitative estimate of drug-likeness (QED) is 0.638. The molecule has 0 heterocycles. The average Bonchev–Trinajstić information content (AvgIpc) is 2.25. The molecule has 0 spiro atoms. The van der Waals surface area contributed by atoms with E-state index in [0.717, 1.165) is 0 Å². The van der Waals surface area contributed by atoms with Crippen LogP contribution in [-0.4, -0.2) is 0 Å². The largest absolute Gasteiger partial charge is 0.0616 e. The van der Waals surface area contributed by atoms with Gasteiger partial charge >= 0.3 is 0 Å². The number of hydrogen-bond donors (Lipinski definition) is 0. The van der Waals surface area contributed by atoms with Gasteiger partial charge < -0.3 is 0 Å². The molecule has 0 saturated heterocycles. The van der Waals surface area contributed by atoms with Crippen LogP contribution in [0.2, 0.25) is 0 Å². The Hall–Kier alpha value is -1.30. The second-order valence-electron chi connectivity index (χ2n) is 4.98. The molecule has 0 nitrogen and oxygen atoms in total. The fourth-order valence-corrected chi connectivity index (χ4v) is 2.56. The summed E-state index contributed by atoms with van der Waals surface area (Å²) in [5, 5.41) is 2.73. The summed E-state index contributed by atoms with van der Waals surface area (Å²) < 4.78 is 0. The molecule has 15 heavy (non-hydrogen) atoms. The maximum Gasteiger partial charge on any atom is -0.00750 e. The molecule has 3 rings (SSSR count). The zero-order chi connectivity index (χ0) is 10.3. The first-order valence-electron chi connectivity index (χ1n) is 5.77. The van der Waals surface area contributed by atoms with E-state index in [9.17, 15) is 0 Å². The molecule has 0 heteroatoms. The lowest BCUT2D eigenvalue weighted by Crippen LogP contribution is -2.30. The van der Waals surface area contributed by atoms with Gasteiger partial charge in [0.15, 0.2) is 0 Å². The summed E-state index contributed by atoms with van der Waals surface area (Å²) >= 11 is 0. The third kappa shape index (κ3) is 1.36. The SMILES string of the molecule is CC1(c2ccc3ccccc3c2)CCC1. The standard InChI is InChI=1S/C15H16/c1-15(9-4-10-15)14-8-7-12-5-2-3-6-13(12)11-14/h2-3,5-8,11H,4,9-10H2,1H3. The number of fused-ring (bicyclic) bond motifs is 1. The first-order chi connectivity index (χ1) is 7.28. The van der Waals surface area contributed by atoms with Crippen LogP contribution in [0.3, 0.4) is 0 Å². The first-order valence-corrected chi connectivity index (χ1v) is 5.77. The van der Waals surface area contributed by atoms with Crippen molar-refractivity contribution >= 4 is 10.8 Å². The van der Waals surface area contributed by atoms with Crippen molar-refractivity contribution in [2.45, 2.75) is 31.6 Å². The van der Waals surface area contributed by atoms with Gasteiger partial charge in [0.2, 0.25) is 0 Å².